The molecule has 0 spiro atoms. The van der Waals surface area contributed by atoms with Gasteiger partial charge in [-0.2, -0.15) is 0 Å². The minimum atomic E-state index is -1.47. The summed E-state index contributed by atoms with van der Waals surface area (Å²) in [6.45, 7) is 9.30. The maximum atomic E-state index is 12.8. The molecular formula is C24H33NO11. The van der Waals surface area contributed by atoms with Crippen molar-refractivity contribution in [1.82, 2.24) is 0 Å². The first-order valence-corrected chi connectivity index (χ1v) is 11.4. The second-order valence-corrected chi connectivity index (χ2v) is 9.57. The fraction of sp³-hybridized carbons (Fsp3) is 0.667. The second kappa shape index (κ2) is 11.6. The van der Waals surface area contributed by atoms with Crippen molar-refractivity contribution in [2.45, 2.75) is 92.0 Å². The summed E-state index contributed by atoms with van der Waals surface area (Å²) in [5, 5.41) is 10.6. The molecule has 1 aliphatic carbocycles. The molecule has 5 atom stereocenters. The van der Waals surface area contributed by atoms with Crippen molar-refractivity contribution in [2.24, 2.45) is 10.4 Å². The highest BCUT2D eigenvalue weighted by Gasteiger charge is 2.52. The number of aliphatic hydroxyl groups is 1. The molecule has 1 fully saturated rings. The van der Waals surface area contributed by atoms with Crippen LogP contribution in [0.2, 0.25) is 0 Å². The third-order valence-electron chi connectivity index (χ3n) is 5.51. The van der Waals surface area contributed by atoms with Crippen LogP contribution in [-0.4, -0.2) is 77.7 Å². The normalized spacial score (nSPS) is 28.2. The van der Waals surface area contributed by atoms with Crippen LogP contribution in [0.1, 0.15) is 61.3 Å². The van der Waals surface area contributed by atoms with E-state index in [4.69, 9.17) is 23.7 Å². The van der Waals surface area contributed by atoms with Crippen LogP contribution in [0, 0.1) is 5.41 Å². The van der Waals surface area contributed by atoms with Gasteiger partial charge in [-0.15, -0.1) is 0 Å². The first-order chi connectivity index (χ1) is 16.6. The zero-order chi connectivity index (χ0) is 27.4. The molecule has 1 heterocycles. The van der Waals surface area contributed by atoms with Gasteiger partial charge in [0, 0.05) is 46.2 Å². The molecule has 0 aromatic carbocycles. The minimum Gasteiger partial charge on any atom is -0.511 e. The Morgan fingerprint density at radius 2 is 1.47 bits per heavy atom. The summed E-state index contributed by atoms with van der Waals surface area (Å²) >= 11 is 0. The number of Topliss-reactive ketones (excluding diaryl/α,β-unsaturated/α-hetero) is 1. The van der Waals surface area contributed by atoms with Crippen LogP contribution in [0.25, 0.3) is 0 Å². The Bertz CT molecular complexity index is 981. The Kier molecular flexibility index (Phi) is 9.36. The molecule has 0 aromatic rings. The van der Waals surface area contributed by atoms with E-state index in [1.807, 2.05) is 13.8 Å². The van der Waals surface area contributed by atoms with E-state index in [0.717, 1.165) is 27.7 Å². The summed E-state index contributed by atoms with van der Waals surface area (Å²) in [4.78, 5) is 64.4. The van der Waals surface area contributed by atoms with E-state index in [-0.39, 0.29) is 35.7 Å². The highest BCUT2D eigenvalue weighted by molar-refractivity contribution is 6.22. The van der Waals surface area contributed by atoms with E-state index in [0.29, 0.717) is 0 Å². The van der Waals surface area contributed by atoms with Crippen LogP contribution in [0.15, 0.2) is 16.3 Å². The van der Waals surface area contributed by atoms with Crippen LogP contribution in [0.5, 0.6) is 0 Å². The Hall–Kier alpha value is -3.28. The Morgan fingerprint density at radius 1 is 0.917 bits per heavy atom. The number of rotatable bonds is 7. The van der Waals surface area contributed by atoms with Gasteiger partial charge in [0.05, 0.1) is 5.57 Å². The highest BCUT2D eigenvalue weighted by Crippen LogP contribution is 2.37. The molecule has 0 aromatic heterocycles. The summed E-state index contributed by atoms with van der Waals surface area (Å²) < 4.78 is 26.9. The maximum Gasteiger partial charge on any atom is 0.305 e. The molecule has 1 unspecified atom stereocenters. The Labute approximate surface area is 208 Å². The van der Waals surface area contributed by atoms with Gasteiger partial charge >= 0.3 is 23.9 Å². The van der Waals surface area contributed by atoms with Crippen molar-refractivity contribution in [3.63, 3.8) is 0 Å². The van der Waals surface area contributed by atoms with Gasteiger partial charge in [0.2, 0.25) is 6.29 Å². The van der Waals surface area contributed by atoms with Gasteiger partial charge in [-0.05, 0) is 12.3 Å². The summed E-state index contributed by atoms with van der Waals surface area (Å²) in [5.41, 5.74) is -0.344. The summed E-state index contributed by atoms with van der Waals surface area (Å²) in [7, 11) is 0. The first kappa shape index (κ1) is 29.0. The SMILES string of the molecule is CC(=O)OC[C@H]1OC(OC(C)=O)[C@H](N=C(C)C2=C(O)CC(C)(C)CC2=O)[C@@H](OC(C)=O)[C@@H]1OC(C)=O. The highest BCUT2D eigenvalue weighted by atomic mass is 16.7. The number of esters is 4. The van der Waals surface area contributed by atoms with Crippen LogP contribution in [0.3, 0.4) is 0 Å². The third kappa shape index (κ3) is 7.61. The molecule has 0 amide bonds. The van der Waals surface area contributed by atoms with Crippen molar-refractivity contribution in [2.75, 3.05) is 6.61 Å². The first-order valence-electron chi connectivity index (χ1n) is 11.4. The lowest BCUT2D eigenvalue weighted by Gasteiger charge is -2.43. The number of ketones is 1. The van der Waals surface area contributed by atoms with Gasteiger partial charge in [-0.1, -0.05) is 13.8 Å². The number of allylic oxidation sites excluding steroid dienone is 2. The van der Waals surface area contributed by atoms with Crippen LogP contribution < -0.4 is 0 Å². The summed E-state index contributed by atoms with van der Waals surface area (Å²) in [5.74, 6) is -3.39. The van der Waals surface area contributed by atoms with E-state index in [1.54, 1.807) is 0 Å². The van der Waals surface area contributed by atoms with Gasteiger partial charge in [0.1, 0.15) is 18.5 Å². The molecule has 1 N–H and O–H groups in total. The lowest BCUT2D eigenvalue weighted by molar-refractivity contribution is -0.266. The lowest BCUT2D eigenvalue weighted by Crippen LogP contribution is -2.61. The summed E-state index contributed by atoms with van der Waals surface area (Å²) in [6.07, 6.45) is -4.89. The number of aliphatic imine (C=N–C) groups is 1. The van der Waals surface area contributed by atoms with Crippen LogP contribution in [0.4, 0.5) is 0 Å². The molecule has 2 rings (SSSR count). The maximum absolute atomic E-state index is 12.8. The molecule has 200 valence electrons. The second-order valence-electron chi connectivity index (χ2n) is 9.57. The zero-order valence-electron chi connectivity index (χ0n) is 21.5. The van der Waals surface area contributed by atoms with E-state index in [9.17, 15) is 29.1 Å². The predicted octanol–water partition coefficient (Wildman–Crippen LogP) is 1.73. The minimum absolute atomic E-state index is 0.00328. The van der Waals surface area contributed by atoms with Crippen molar-refractivity contribution in [3.8, 4) is 0 Å². The van der Waals surface area contributed by atoms with E-state index < -0.39 is 66.5 Å². The standard InChI is InChI=1S/C24H33NO11/c1-11(19-16(30)8-24(6,7)9-17(19)31)25-20-22(34-14(4)28)21(33-13(3)27)18(10-32-12(2)26)36-23(20)35-15(5)29/h18,20-23,30H,8-10H2,1-7H3/t18-,20-,21-,22-,23?/m1/s1. The molecule has 1 aliphatic heterocycles. The largest absolute Gasteiger partial charge is 0.511 e. The lowest BCUT2D eigenvalue weighted by atomic mass is 9.75. The quantitative estimate of drug-likeness (QED) is 0.301. The molecule has 0 bridgehead atoms. The number of nitrogens with zero attached hydrogens (tertiary/aromatic N) is 1. The number of hydrogen-bond donors (Lipinski definition) is 1. The number of aliphatic hydroxyl groups excluding tert-OH is 1. The topological polar surface area (TPSA) is 164 Å². The number of ether oxygens (including phenoxy) is 5. The predicted molar refractivity (Wildman–Crippen MR) is 123 cm³/mol. The molecule has 12 nitrogen and oxygen atoms in total. The monoisotopic (exact) mass is 511 g/mol. The average molecular weight is 512 g/mol. The van der Waals surface area contributed by atoms with Crippen molar-refractivity contribution >= 4 is 35.4 Å². The molecule has 0 radical (unpaired) electrons. The molecule has 1 saturated heterocycles. The van der Waals surface area contributed by atoms with Crippen LogP contribution in [-0.2, 0) is 47.7 Å². The molecule has 0 saturated carbocycles. The van der Waals surface area contributed by atoms with Gasteiger partial charge in [-0.3, -0.25) is 29.0 Å². The number of hydrogen-bond acceptors (Lipinski definition) is 12. The van der Waals surface area contributed by atoms with Crippen molar-refractivity contribution in [3.05, 3.63) is 11.3 Å². The van der Waals surface area contributed by atoms with E-state index in [1.165, 1.54) is 6.92 Å². The molecule has 36 heavy (non-hydrogen) atoms. The van der Waals surface area contributed by atoms with E-state index >= 15 is 0 Å². The van der Waals surface area contributed by atoms with Gasteiger partial charge in [0.15, 0.2) is 24.0 Å². The number of carbonyl (C=O) groups excluding carboxylic acids is 5. The van der Waals surface area contributed by atoms with Crippen molar-refractivity contribution in [1.29, 1.82) is 0 Å². The van der Waals surface area contributed by atoms with Gasteiger partial charge < -0.3 is 28.8 Å². The smallest absolute Gasteiger partial charge is 0.305 e. The molecular weight excluding hydrogens is 478 g/mol. The van der Waals surface area contributed by atoms with Crippen molar-refractivity contribution < 1.29 is 52.8 Å². The number of carbonyl (C=O) groups is 5. The van der Waals surface area contributed by atoms with Gasteiger partial charge in [-0.25, -0.2) is 0 Å². The molecule has 2 aliphatic rings. The fourth-order valence-corrected chi connectivity index (χ4v) is 4.27. The molecule has 12 heteroatoms. The Balaban J connectivity index is 2.60. The van der Waals surface area contributed by atoms with Gasteiger partial charge in [0.25, 0.3) is 0 Å². The summed E-state index contributed by atoms with van der Waals surface area (Å²) in [6, 6.07) is -1.29. The Morgan fingerprint density at radius 3 is 1.97 bits per heavy atom. The average Bonchev–Trinajstić information content (AvgIpc) is 2.68. The third-order valence-corrected chi connectivity index (χ3v) is 5.51. The fourth-order valence-electron chi connectivity index (χ4n) is 4.27. The van der Waals surface area contributed by atoms with E-state index in [2.05, 4.69) is 4.99 Å². The zero-order valence-corrected chi connectivity index (χ0v) is 21.5. The van der Waals surface area contributed by atoms with Crippen LogP contribution >= 0.6 is 0 Å².